The second-order valence-electron chi connectivity index (χ2n) is 5.28. The molecule has 0 aromatic heterocycles. The van der Waals surface area contributed by atoms with Crippen LogP contribution >= 0.6 is 0 Å². The fraction of sp³-hybridized carbons (Fsp3) is 0.600. The number of benzene rings is 1. The number of ether oxygens (including phenoxy) is 1. The van der Waals surface area contributed by atoms with Gasteiger partial charge in [-0.3, -0.25) is 0 Å². The third-order valence-corrected chi connectivity index (χ3v) is 3.43. The monoisotopic (exact) mass is 289 g/mol. The first kappa shape index (κ1) is 17.0. The van der Waals surface area contributed by atoms with Crippen LogP contribution < -0.4 is 5.32 Å². The minimum Gasteiger partial charge on any atom is -0.374 e. The highest BCUT2D eigenvalue weighted by Crippen LogP contribution is 2.29. The maximum atomic E-state index is 12.5. The molecule has 1 aromatic carbocycles. The van der Waals surface area contributed by atoms with Crippen molar-refractivity contribution in [3.8, 4) is 0 Å². The second-order valence-corrected chi connectivity index (χ2v) is 5.28. The number of rotatable bonds is 6. The van der Waals surface area contributed by atoms with E-state index in [0.29, 0.717) is 13.0 Å². The molecule has 1 unspecified atom stereocenters. The zero-order valence-corrected chi connectivity index (χ0v) is 12.3. The van der Waals surface area contributed by atoms with Crippen molar-refractivity contribution in [3.05, 3.63) is 35.4 Å². The van der Waals surface area contributed by atoms with E-state index in [4.69, 9.17) is 4.74 Å². The topological polar surface area (TPSA) is 21.3 Å². The minimum atomic E-state index is -4.29. The molecule has 20 heavy (non-hydrogen) atoms. The van der Waals surface area contributed by atoms with E-state index in [9.17, 15) is 13.2 Å². The lowest BCUT2D eigenvalue weighted by molar-refractivity contribution is -0.137. The Hall–Kier alpha value is -1.07. The molecule has 0 fully saturated rings. The summed E-state index contributed by atoms with van der Waals surface area (Å²) in [6.45, 7) is 6.47. The molecule has 2 nitrogen and oxygen atoms in total. The maximum Gasteiger partial charge on any atom is 0.416 e. The van der Waals surface area contributed by atoms with Crippen molar-refractivity contribution in [3.63, 3.8) is 0 Å². The highest BCUT2D eigenvalue weighted by Gasteiger charge is 2.31. The first-order valence-corrected chi connectivity index (χ1v) is 6.68. The van der Waals surface area contributed by atoms with E-state index in [1.54, 1.807) is 0 Å². The average Bonchev–Trinajstić information content (AvgIpc) is 2.35. The fourth-order valence-corrected chi connectivity index (χ4v) is 2.23. The van der Waals surface area contributed by atoms with Crippen LogP contribution in [0.2, 0.25) is 0 Å². The van der Waals surface area contributed by atoms with Crippen molar-refractivity contribution >= 4 is 0 Å². The number of alkyl halides is 3. The Morgan fingerprint density at radius 2 is 1.70 bits per heavy atom. The Morgan fingerprint density at radius 1 is 1.15 bits per heavy atom. The van der Waals surface area contributed by atoms with Gasteiger partial charge >= 0.3 is 6.18 Å². The Labute approximate surface area is 118 Å². The van der Waals surface area contributed by atoms with Gasteiger partial charge in [-0.15, -0.1) is 0 Å². The van der Waals surface area contributed by atoms with Crippen LogP contribution in [0, 0.1) is 0 Å². The van der Waals surface area contributed by atoms with Crippen LogP contribution in [0.3, 0.4) is 0 Å². The zero-order valence-electron chi connectivity index (χ0n) is 12.3. The molecular weight excluding hydrogens is 267 g/mol. The quantitative estimate of drug-likeness (QED) is 0.863. The van der Waals surface area contributed by atoms with E-state index in [2.05, 4.69) is 5.32 Å². The van der Waals surface area contributed by atoms with Gasteiger partial charge < -0.3 is 10.1 Å². The van der Waals surface area contributed by atoms with Gasteiger partial charge in [-0.05, 0) is 51.9 Å². The largest absolute Gasteiger partial charge is 0.416 e. The molecule has 0 bridgehead atoms. The number of nitrogens with one attached hydrogen (secondary N) is 1. The highest BCUT2D eigenvalue weighted by molar-refractivity contribution is 5.25. The number of likely N-dealkylation sites (N-methyl/N-ethyl adjacent to an activating group) is 1. The Kier molecular flexibility index (Phi) is 5.59. The molecule has 0 aliphatic rings. The van der Waals surface area contributed by atoms with E-state index >= 15 is 0 Å². The van der Waals surface area contributed by atoms with Gasteiger partial charge in [0, 0.05) is 12.6 Å². The SMILES string of the molecule is CCOC(C)(C)C(Cc1ccc(C(F)(F)F)cc1)NC. The lowest BCUT2D eigenvalue weighted by Gasteiger charge is -2.34. The van der Waals surface area contributed by atoms with E-state index in [0.717, 1.165) is 17.7 Å². The van der Waals surface area contributed by atoms with Crippen molar-refractivity contribution < 1.29 is 17.9 Å². The second kappa shape index (κ2) is 6.59. The molecule has 0 aliphatic heterocycles. The van der Waals surface area contributed by atoms with Crippen LogP contribution in [-0.2, 0) is 17.3 Å². The first-order chi connectivity index (χ1) is 9.20. The van der Waals surface area contributed by atoms with E-state index in [-0.39, 0.29) is 11.6 Å². The number of hydrogen-bond acceptors (Lipinski definition) is 2. The smallest absolute Gasteiger partial charge is 0.374 e. The lowest BCUT2D eigenvalue weighted by atomic mass is 9.92. The van der Waals surface area contributed by atoms with Crippen LogP contribution in [0.5, 0.6) is 0 Å². The van der Waals surface area contributed by atoms with Gasteiger partial charge in [0.1, 0.15) is 0 Å². The van der Waals surface area contributed by atoms with E-state index in [1.807, 2.05) is 27.8 Å². The standard InChI is InChI=1S/C15H22F3NO/c1-5-20-14(2,3)13(19-4)10-11-6-8-12(9-7-11)15(16,17)18/h6-9,13,19H,5,10H2,1-4H3. The summed E-state index contributed by atoms with van der Waals surface area (Å²) < 4.78 is 43.2. The molecule has 0 heterocycles. The van der Waals surface area contributed by atoms with Crippen LogP contribution in [0.15, 0.2) is 24.3 Å². The molecule has 0 saturated carbocycles. The molecule has 0 spiro atoms. The number of halogens is 3. The van der Waals surface area contributed by atoms with Crippen molar-refractivity contribution in [1.29, 1.82) is 0 Å². The van der Waals surface area contributed by atoms with E-state index in [1.165, 1.54) is 12.1 Å². The lowest BCUT2D eigenvalue weighted by Crippen LogP contribution is -2.48. The van der Waals surface area contributed by atoms with Gasteiger partial charge in [0.15, 0.2) is 0 Å². The Bertz CT molecular complexity index is 412. The molecule has 1 rings (SSSR count). The summed E-state index contributed by atoms with van der Waals surface area (Å²) in [5, 5.41) is 3.17. The van der Waals surface area contributed by atoms with Crippen molar-refractivity contribution in [2.75, 3.05) is 13.7 Å². The van der Waals surface area contributed by atoms with E-state index < -0.39 is 11.7 Å². The van der Waals surface area contributed by atoms with Crippen LogP contribution in [-0.4, -0.2) is 25.3 Å². The molecule has 1 aromatic rings. The summed E-state index contributed by atoms with van der Waals surface area (Å²) in [6.07, 6.45) is -3.67. The summed E-state index contributed by atoms with van der Waals surface area (Å²) in [5.41, 5.74) is -0.150. The highest BCUT2D eigenvalue weighted by atomic mass is 19.4. The van der Waals surface area contributed by atoms with Crippen LogP contribution in [0.4, 0.5) is 13.2 Å². The molecule has 0 amide bonds. The third kappa shape index (κ3) is 4.49. The van der Waals surface area contributed by atoms with Gasteiger partial charge in [-0.25, -0.2) is 0 Å². The maximum absolute atomic E-state index is 12.5. The molecule has 1 atom stereocenters. The molecule has 0 aliphatic carbocycles. The molecule has 0 saturated heterocycles. The summed E-state index contributed by atoms with van der Waals surface area (Å²) >= 11 is 0. The van der Waals surface area contributed by atoms with Crippen molar-refractivity contribution in [1.82, 2.24) is 5.32 Å². The fourth-order valence-electron chi connectivity index (χ4n) is 2.23. The predicted octanol–water partition coefficient (Wildman–Crippen LogP) is 3.65. The zero-order chi connectivity index (χ0) is 15.4. The third-order valence-electron chi connectivity index (χ3n) is 3.43. The van der Waals surface area contributed by atoms with Crippen LogP contribution in [0.1, 0.15) is 31.9 Å². The molecular formula is C15H22F3NO. The summed E-state index contributed by atoms with van der Waals surface area (Å²) in [6, 6.07) is 5.31. The van der Waals surface area contributed by atoms with Gasteiger partial charge in [0.2, 0.25) is 0 Å². The molecule has 1 N–H and O–H groups in total. The Balaban J connectivity index is 2.81. The Morgan fingerprint density at radius 3 is 2.10 bits per heavy atom. The van der Waals surface area contributed by atoms with Crippen LogP contribution in [0.25, 0.3) is 0 Å². The summed E-state index contributed by atoms with van der Waals surface area (Å²) in [5.74, 6) is 0. The molecule has 5 heteroatoms. The van der Waals surface area contributed by atoms with Gasteiger partial charge in [0.05, 0.1) is 11.2 Å². The van der Waals surface area contributed by atoms with Crippen molar-refractivity contribution in [2.24, 2.45) is 0 Å². The van der Waals surface area contributed by atoms with Gasteiger partial charge in [0.25, 0.3) is 0 Å². The predicted molar refractivity (Wildman–Crippen MR) is 73.7 cm³/mol. The summed E-state index contributed by atoms with van der Waals surface area (Å²) in [4.78, 5) is 0. The van der Waals surface area contributed by atoms with Gasteiger partial charge in [-0.2, -0.15) is 13.2 Å². The average molecular weight is 289 g/mol. The molecule has 114 valence electrons. The normalized spacial score (nSPS) is 14.3. The minimum absolute atomic E-state index is 0.0270. The number of hydrogen-bond donors (Lipinski definition) is 1. The van der Waals surface area contributed by atoms with Crippen molar-refractivity contribution in [2.45, 2.75) is 45.0 Å². The first-order valence-electron chi connectivity index (χ1n) is 6.68. The van der Waals surface area contributed by atoms with Gasteiger partial charge in [-0.1, -0.05) is 12.1 Å². The summed E-state index contributed by atoms with van der Waals surface area (Å²) in [7, 11) is 1.83. The molecule has 0 radical (unpaired) electrons.